The lowest BCUT2D eigenvalue weighted by atomic mass is 10.1. The minimum absolute atomic E-state index is 0.211. The van der Waals surface area contributed by atoms with Gasteiger partial charge in [0.15, 0.2) is 0 Å². The van der Waals surface area contributed by atoms with E-state index in [-0.39, 0.29) is 6.10 Å². The van der Waals surface area contributed by atoms with Crippen LogP contribution in [0.15, 0.2) is 30.3 Å². The number of benzene rings is 1. The van der Waals surface area contributed by atoms with Gasteiger partial charge in [-0.05, 0) is 25.5 Å². The first-order valence-corrected chi connectivity index (χ1v) is 8.46. The molecular formula is C17H27ClN2O. The van der Waals surface area contributed by atoms with E-state index in [4.69, 9.17) is 16.3 Å². The smallest absolute Gasteiger partial charge is 0.0739 e. The van der Waals surface area contributed by atoms with Gasteiger partial charge in [0.2, 0.25) is 0 Å². The second-order valence-corrected chi connectivity index (χ2v) is 6.04. The van der Waals surface area contributed by atoms with Crippen LogP contribution < -0.4 is 0 Å². The Balaban J connectivity index is 1.91. The van der Waals surface area contributed by atoms with Crippen molar-refractivity contribution in [3.05, 3.63) is 35.9 Å². The number of piperazine rings is 1. The molecule has 1 aromatic carbocycles. The second kappa shape index (κ2) is 8.74. The predicted octanol–water partition coefficient (Wildman–Crippen LogP) is 3.18. The maximum Gasteiger partial charge on any atom is 0.0739 e. The van der Waals surface area contributed by atoms with Crippen molar-refractivity contribution in [3.63, 3.8) is 0 Å². The fourth-order valence-electron chi connectivity index (χ4n) is 2.94. The summed E-state index contributed by atoms with van der Waals surface area (Å²) in [5.41, 5.74) is 1.23. The molecule has 3 nitrogen and oxygen atoms in total. The van der Waals surface area contributed by atoms with E-state index >= 15 is 0 Å². The highest BCUT2D eigenvalue weighted by molar-refractivity contribution is 6.17. The van der Waals surface area contributed by atoms with Crippen LogP contribution in [0, 0.1) is 0 Å². The highest BCUT2D eigenvalue weighted by Crippen LogP contribution is 2.17. The fraction of sp³-hybridized carbons (Fsp3) is 0.647. The number of ether oxygens (including phenoxy) is 1. The number of hydrogen-bond acceptors (Lipinski definition) is 3. The lowest BCUT2D eigenvalue weighted by Crippen LogP contribution is -2.57. The van der Waals surface area contributed by atoms with Crippen molar-refractivity contribution in [1.29, 1.82) is 0 Å². The Hall–Kier alpha value is -0.610. The van der Waals surface area contributed by atoms with E-state index in [0.29, 0.717) is 18.7 Å². The van der Waals surface area contributed by atoms with E-state index < -0.39 is 0 Å². The second-order valence-electron chi connectivity index (χ2n) is 5.80. The standard InChI is InChI=1S/C17H27ClN2O/c1-3-9-20-11-10-19(14-18)12-17(20)15(2)21-13-16-7-5-4-6-8-16/h4-8,15,17H,3,9-14H2,1-2H3/t15-,17?/m1/s1. The Kier molecular flexibility index (Phi) is 6.97. The minimum Gasteiger partial charge on any atom is -0.372 e. The summed E-state index contributed by atoms with van der Waals surface area (Å²) in [5.74, 6) is 0. The van der Waals surface area contributed by atoms with Gasteiger partial charge in [0.25, 0.3) is 0 Å². The van der Waals surface area contributed by atoms with E-state index in [1.54, 1.807) is 0 Å². The Morgan fingerprint density at radius 2 is 2.05 bits per heavy atom. The molecule has 1 aromatic rings. The van der Waals surface area contributed by atoms with Crippen LogP contribution in [-0.2, 0) is 11.3 Å². The molecule has 0 N–H and O–H groups in total. The van der Waals surface area contributed by atoms with Crippen LogP contribution in [0.3, 0.4) is 0 Å². The van der Waals surface area contributed by atoms with E-state index in [1.165, 1.54) is 12.0 Å². The number of hydrogen-bond donors (Lipinski definition) is 0. The molecule has 118 valence electrons. The Morgan fingerprint density at radius 3 is 2.71 bits per heavy atom. The largest absolute Gasteiger partial charge is 0.372 e. The number of nitrogens with zero attached hydrogens (tertiary/aromatic N) is 2. The molecule has 1 saturated heterocycles. The Bertz CT molecular complexity index is 401. The molecule has 0 radical (unpaired) electrons. The fourth-order valence-corrected chi connectivity index (χ4v) is 3.16. The lowest BCUT2D eigenvalue weighted by Gasteiger charge is -2.43. The van der Waals surface area contributed by atoms with Crippen LogP contribution in [0.5, 0.6) is 0 Å². The topological polar surface area (TPSA) is 15.7 Å². The molecule has 1 fully saturated rings. The van der Waals surface area contributed by atoms with Gasteiger partial charge in [-0.3, -0.25) is 9.80 Å². The quantitative estimate of drug-likeness (QED) is 0.568. The van der Waals surface area contributed by atoms with Crippen LogP contribution in [-0.4, -0.2) is 54.1 Å². The molecule has 1 unspecified atom stereocenters. The first-order chi connectivity index (χ1) is 10.2. The molecule has 2 atom stereocenters. The van der Waals surface area contributed by atoms with Crippen LogP contribution in [0.4, 0.5) is 0 Å². The summed E-state index contributed by atoms with van der Waals surface area (Å²) >= 11 is 6.01. The molecule has 4 heteroatoms. The number of rotatable bonds is 7. The molecule has 2 rings (SSSR count). The summed E-state index contributed by atoms with van der Waals surface area (Å²) in [6.07, 6.45) is 1.39. The molecule has 0 spiro atoms. The van der Waals surface area contributed by atoms with E-state index in [0.717, 1.165) is 26.2 Å². The zero-order valence-corrected chi connectivity index (χ0v) is 13.9. The highest BCUT2D eigenvalue weighted by Gasteiger charge is 2.30. The summed E-state index contributed by atoms with van der Waals surface area (Å²) in [6.45, 7) is 9.39. The Labute approximate surface area is 133 Å². The zero-order valence-electron chi connectivity index (χ0n) is 13.2. The van der Waals surface area contributed by atoms with E-state index in [1.807, 2.05) is 6.07 Å². The minimum atomic E-state index is 0.211. The first kappa shape index (κ1) is 16.8. The number of halogens is 1. The molecule has 1 aliphatic heterocycles. The normalized spacial score (nSPS) is 22.3. The lowest BCUT2D eigenvalue weighted by molar-refractivity contribution is -0.0419. The van der Waals surface area contributed by atoms with Crippen LogP contribution in [0.2, 0.25) is 0 Å². The third-order valence-corrected chi connectivity index (χ3v) is 4.53. The van der Waals surface area contributed by atoms with Gasteiger partial charge < -0.3 is 4.74 Å². The van der Waals surface area contributed by atoms with E-state index in [2.05, 4.69) is 47.9 Å². The van der Waals surface area contributed by atoms with Crippen molar-refractivity contribution < 1.29 is 4.74 Å². The summed E-state index contributed by atoms with van der Waals surface area (Å²) in [5, 5.41) is 0. The van der Waals surface area contributed by atoms with Crippen molar-refractivity contribution in [2.75, 3.05) is 32.2 Å². The third kappa shape index (κ3) is 4.96. The van der Waals surface area contributed by atoms with Crippen molar-refractivity contribution in [2.45, 2.75) is 39.0 Å². The van der Waals surface area contributed by atoms with Crippen molar-refractivity contribution in [1.82, 2.24) is 9.80 Å². The van der Waals surface area contributed by atoms with Gasteiger partial charge >= 0.3 is 0 Å². The predicted molar refractivity (Wildman–Crippen MR) is 88.6 cm³/mol. The molecule has 0 aromatic heterocycles. The van der Waals surface area contributed by atoms with Gasteiger partial charge in [0.1, 0.15) is 0 Å². The zero-order chi connectivity index (χ0) is 15.1. The summed E-state index contributed by atoms with van der Waals surface area (Å²) in [7, 11) is 0. The molecule has 0 saturated carbocycles. The van der Waals surface area contributed by atoms with Gasteiger partial charge in [-0.15, -0.1) is 11.6 Å². The Morgan fingerprint density at radius 1 is 1.29 bits per heavy atom. The molecule has 21 heavy (non-hydrogen) atoms. The third-order valence-electron chi connectivity index (χ3n) is 4.20. The molecule has 1 heterocycles. The van der Waals surface area contributed by atoms with Crippen molar-refractivity contribution >= 4 is 11.6 Å². The maximum atomic E-state index is 6.13. The van der Waals surface area contributed by atoms with Crippen molar-refractivity contribution in [2.24, 2.45) is 0 Å². The molecule has 0 amide bonds. The van der Waals surface area contributed by atoms with E-state index in [9.17, 15) is 0 Å². The number of alkyl halides is 1. The van der Waals surface area contributed by atoms with Gasteiger partial charge in [0.05, 0.1) is 18.7 Å². The maximum absolute atomic E-state index is 6.13. The summed E-state index contributed by atoms with van der Waals surface area (Å²) < 4.78 is 6.13. The van der Waals surface area contributed by atoms with Gasteiger partial charge in [-0.25, -0.2) is 0 Å². The van der Waals surface area contributed by atoms with Crippen LogP contribution in [0.25, 0.3) is 0 Å². The SMILES string of the molecule is CCCN1CCN(CCl)CC1[C@@H](C)OCc1ccccc1. The molecule has 0 bridgehead atoms. The summed E-state index contributed by atoms with van der Waals surface area (Å²) in [4.78, 5) is 4.86. The monoisotopic (exact) mass is 310 g/mol. The van der Waals surface area contributed by atoms with Gasteiger partial charge in [-0.2, -0.15) is 0 Å². The molecular weight excluding hydrogens is 284 g/mol. The highest BCUT2D eigenvalue weighted by atomic mass is 35.5. The first-order valence-electron chi connectivity index (χ1n) is 7.92. The van der Waals surface area contributed by atoms with Crippen LogP contribution in [0.1, 0.15) is 25.8 Å². The average Bonchev–Trinajstić information content (AvgIpc) is 2.54. The summed E-state index contributed by atoms with van der Waals surface area (Å²) in [6, 6.07) is 11.4. The molecule has 1 aliphatic rings. The average molecular weight is 311 g/mol. The molecule has 0 aliphatic carbocycles. The van der Waals surface area contributed by atoms with Crippen molar-refractivity contribution in [3.8, 4) is 0 Å². The van der Waals surface area contributed by atoms with Gasteiger partial charge in [0, 0.05) is 25.7 Å². The van der Waals surface area contributed by atoms with Gasteiger partial charge in [-0.1, -0.05) is 37.3 Å². The van der Waals surface area contributed by atoms with Crippen LogP contribution >= 0.6 is 11.6 Å².